The monoisotopic (exact) mass is 248 g/mol. The normalized spacial score (nSPS) is 12.0. The zero-order chi connectivity index (χ0) is 13.2. The quantitative estimate of drug-likeness (QED) is 0.753. The molecule has 0 bridgehead atoms. The summed E-state index contributed by atoms with van der Waals surface area (Å²) in [6, 6.07) is 0. The third-order valence-corrected chi connectivity index (χ3v) is 3.27. The van der Waals surface area contributed by atoms with Crippen LogP contribution in [0.4, 0.5) is 0 Å². The van der Waals surface area contributed by atoms with Gasteiger partial charge in [-0.2, -0.15) is 0 Å². The zero-order valence-corrected chi connectivity index (χ0v) is 10.9. The third-order valence-electron chi connectivity index (χ3n) is 3.27. The predicted molar refractivity (Wildman–Crippen MR) is 69.8 cm³/mol. The standard InChI is InChI=1S/C12H20N6/c1-17-5-3-15-10(17)7-12(14,9-13)8-11-16-4-6-18(11)2/h3-6H,7-9,13-14H2,1-2H3. The lowest BCUT2D eigenvalue weighted by Crippen LogP contribution is -2.51. The number of nitrogens with two attached hydrogens (primary N) is 2. The van der Waals surface area contributed by atoms with Crippen molar-refractivity contribution in [1.82, 2.24) is 19.1 Å². The molecule has 0 aliphatic heterocycles. The van der Waals surface area contributed by atoms with Crippen molar-refractivity contribution in [2.45, 2.75) is 18.4 Å². The molecule has 2 rings (SSSR count). The first-order valence-electron chi connectivity index (χ1n) is 5.95. The number of aromatic nitrogens is 4. The van der Waals surface area contributed by atoms with E-state index in [4.69, 9.17) is 11.5 Å². The second kappa shape index (κ2) is 4.91. The molecule has 6 nitrogen and oxygen atoms in total. The molecule has 2 aromatic heterocycles. The van der Waals surface area contributed by atoms with Crippen molar-refractivity contribution in [1.29, 1.82) is 0 Å². The van der Waals surface area contributed by atoms with E-state index in [-0.39, 0.29) is 0 Å². The van der Waals surface area contributed by atoms with Crippen molar-refractivity contribution < 1.29 is 0 Å². The molecule has 0 unspecified atom stereocenters. The van der Waals surface area contributed by atoms with Gasteiger partial charge in [-0.1, -0.05) is 0 Å². The van der Waals surface area contributed by atoms with Crippen molar-refractivity contribution in [2.24, 2.45) is 25.6 Å². The molecular weight excluding hydrogens is 228 g/mol. The first-order valence-corrected chi connectivity index (χ1v) is 5.95. The van der Waals surface area contributed by atoms with Crippen LogP contribution in [0.15, 0.2) is 24.8 Å². The summed E-state index contributed by atoms with van der Waals surface area (Å²) in [7, 11) is 3.92. The Hall–Kier alpha value is -1.66. The van der Waals surface area contributed by atoms with Crippen LogP contribution in [0.3, 0.4) is 0 Å². The van der Waals surface area contributed by atoms with Gasteiger partial charge in [0.2, 0.25) is 0 Å². The van der Waals surface area contributed by atoms with Gasteiger partial charge in [-0.15, -0.1) is 0 Å². The molecule has 6 heteroatoms. The molecule has 0 aromatic carbocycles. The zero-order valence-electron chi connectivity index (χ0n) is 10.9. The fourth-order valence-corrected chi connectivity index (χ4v) is 1.97. The van der Waals surface area contributed by atoms with Crippen molar-refractivity contribution in [3.05, 3.63) is 36.4 Å². The molecule has 0 fully saturated rings. The first-order chi connectivity index (χ1) is 8.54. The Morgan fingerprint density at radius 2 is 1.50 bits per heavy atom. The molecule has 0 aliphatic carbocycles. The molecule has 0 radical (unpaired) electrons. The Morgan fingerprint density at radius 1 is 1.06 bits per heavy atom. The number of imidazole rings is 2. The third kappa shape index (κ3) is 2.60. The molecule has 98 valence electrons. The Labute approximate surface area is 107 Å². The predicted octanol–water partition coefficient (Wildman–Crippen LogP) is -0.405. The Morgan fingerprint density at radius 3 is 1.78 bits per heavy atom. The number of nitrogens with zero attached hydrogens (tertiary/aromatic N) is 4. The van der Waals surface area contributed by atoms with E-state index in [0.29, 0.717) is 19.4 Å². The van der Waals surface area contributed by atoms with Crippen LogP contribution in [0, 0.1) is 0 Å². The maximum absolute atomic E-state index is 6.39. The van der Waals surface area contributed by atoms with Crippen LogP contribution < -0.4 is 11.5 Å². The van der Waals surface area contributed by atoms with Gasteiger partial charge in [0.25, 0.3) is 0 Å². The smallest absolute Gasteiger partial charge is 0.110 e. The van der Waals surface area contributed by atoms with E-state index in [1.165, 1.54) is 0 Å². The summed E-state index contributed by atoms with van der Waals surface area (Å²) in [6.07, 6.45) is 8.64. The van der Waals surface area contributed by atoms with Gasteiger partial charge in [-0.25, -0.2) is 9.97 Å². The van der Waals surface area contributed by atoms with Crippen molar-refractivity contribution in [2.75, 3.05) is 6.54 Å². The van der Waals surface area contributed by atoms with E-state index >= 15 is 0 Å². The van der Waals surface area contributed by atoms with Crippen LogP contribution in [0.2, 0.25) is 0 Å². The van der Waals surface area contributed by atoms with Crippen molar-refractivity contribution in [3.8, 4) is 0 Å². The number of rotatable bonds is 5. The molecule has 4 N–H and O–H groups in total. The first kappa shape index (κ1) is 12.8. The molecule has 0 saturated heterocycles. The summed E-state index contributed by atoms with van der Waals surface area (Å²) in [5.41, 5.74) is 11.7. The fraction of sp³-hybridized carbons (Fsp3) is 0.500. The van der Waals surface area contributed by atoms with Gasteiger partial charge >= 0.3 is 0 Å². The largest absolute Gasteiger partial charge is 0.338 e. The molecule has 18 heavy (non-hydrogen) atoms. The van der Waals surface area contributed by atoms with E-state index in [9.17, 15) is 0 Å². The number of hydrogen-bond donors (Lipinski definition) is 2. The highest BCUT2D eigenvalue weighted by atomic mass is 15.1. The highest BCUT2D eigenvalue weighted by Crippen LogP contribution is 2.13. The number of aryl methyl sites for hydroxylation is 2. The molecule has 0 spiro atoms. The SMILES string of the molecule is Cn1ccnc1CC(N)(CN)Cc1nccn1C. The molecule has 0 amide bonds. The maximum atomic E-state index is 6.39. The fourth-order valence-electron chi connectivity index (χ4n) is 1.97. The molecule has 0 saturated carbocycles. The average Bonchev–Trinajstić information content (AvgIpc) is 2.90. The van der Waals surface area contributed by atoms with Crippen molar-refractivity contribution >= 4 is 0 Å². The second-order valence-electron chi connectivity index (χ2n) is 4.83. The highest BCUT2D eigenvalue weighted by Gasteiger charge is 2.27. The summed E-state index contributed by atoms with van der Waals surface area (Å²) < 4.78 is 3.94. The average molecular weight is 248 g/mol. The molecule has 0 atom stereocenters. The van der Waals surface area contributed by atoms with Crippen molar-refractivity contribution in [3.63, 3.8) is 0 Å². The van der Waals surface area contributed by atoms with Gasteiger partial charge in [0, 0.05) is 63.8 Å². The minimum atomic E-state index is -0.516. The molecule has 2 heterocycles. The summed E-state index contributed by atoms with van der Waals surface area (Å²) >= 11 is 0. The summed E-state index contributed by atoms with van der Waals surface area (Å²) in [5.74, 6) is 1.88. The summed E-state index contributed by atoms with van der Waals surface area (Å²) in [5, 5.41) is 0. The lowest BCUT2D eigenvalue weighted by Gasteiger charge is -2.27. The van der Waals surface area contributed by atoms with Crippen LogP contribution in [0.1, 0.15) is 11.6 Å². The number of hydrogen-bond acceptors (Lipinski definition) is 4. The molecule has 2 aromatic rings. The van der Waals surface area contributed by atoms with Crippen LogP contribution >= 0.6 is 0 Å². The van der Waals surface area contributed by atoms with E-state index in [1.807, 2.05) is 35.6 Å². The minimum absolute atomic E-state index is 0.396. The van der Waals surface area contributed by atoms with E-state index in [1.54, 1.807) is 12.4 Å². The Balaban J connectivity index is 2.16. The van der Waals surface area contributed by atoms with Gasteiger partial charge in [-0.3, -0.25) is 0 Å². The van der Waals surface area contributed by atoms with Crippen LogP contribution in [-0.4, -0.2) is 31.2 Å². The van der Waals surface area contributed by atoms with E-state index in [2.05, 4.69) is 9.97 Å². The molecule has 0 aliphatic rings. The highest BCUT2D eigenvalue weighted by molar-refractivity contribution is 5.06. The van der Waals surface area contributed by atoms with Crippen LogP contribution in [-0.2, 0) is 26.9 Å². The van der Waals surface area contributed by atoms with E-state index in [0.717, 1.165) is 11.6 Å². The van der Waals surface area contributed by atoms with Gasteiger partial charge in [0.05, 0.1) is 0 Å². The van der Waals surface area contributed by atoms with Crippen LogP contribution in [0.25, 0.3) is 0 Å². The van der Waals surface area contributed by atoms with Gasteiger partial charge in [-0.05, 0) is 0 Å². The Kier molecular flexibility index (Phi) is 3.49. The van der Waals surface area contributed by atoms with E-state index < -0.39 is 5.54 Å². The van der Waals surface area contributed by atoms with Gasteiger partial charge < -0.3 is 20.6 Å². The molecular formula is C12H20N6. The van der Waals surface area contributed by atoms with Gasteiger partial charge in [0.15, 0.2) is 0 Å². The summed E-state index contributed by atoms with van der Waals surface area (Å²) in [6.45, 7) is 0.396. The maximum Gasteiger partial charge on any atom is 0.110 e. The topological polar surface area (TPSA) is 87.7 Å². The lowest BCUT2D eigenvalue weighted by atomic mass is 9.91. The minimum Gasteiger partial charge on any atom is -0.338 e. The second-order valence-corrected chi connectivity index (χ2v) is 4.83. The van der Waals surface area contributed by atoms with Crippen LogP contribution in [0.5, 0.6) is 0 Å². The van der Waals surface area contributed by atoms with Gasteiger partial charge in [0.1, 0.15) is 11.6 Å². The lowest BCUT2D eigenvalue weighted by molar-refractivity contribution is 0.403. The Bertz CT molecular complexity index is 470. The summed E-state index contributed by atoms with van der Waals surface area (Å²) in [4.78, 5) is 8.60.